The van der Waals surface area contributed by atoms with Crippen LogP contribution in [0.1, 0.15) is 160 Å². The summed E-state index contributed by atoms with van der Waals surface area (Å²) < 4.78 is 0. The third-order valence-electron chi connectivity index (χ3n) is 10.3. The van der Waals surface area contributed by atoms with Gasteiger partial charge in [0.2, 0.25) is 0 Å². The number of aryl methyl sites for hydroxylation is 2. The van der Waals surface area contributed by atoms with Crippen molar-refractivity contribution in [2.45, 2.75) is 166 Å². The van der Waals surface area contributed by atoms with Crippen LogP contribution < -0.4 is 20.8 Å². The quantitative estimate of drug-likeness (QED) is 0.458. The summed E-state index contributed by atoms with van der Waals surface area (Å²) in [6, 6.07) is 17.1. The number of rotatable bonds is 6. The largest absolute Gasteiger partial charge is 0.545 e. The average molecular weight is 635 g/mol. The molecule has 0 radical (unpaired) electrons. The number of carbonyl (C=O) groups excluding carboxylic acids is 2. The van der Waals surface area contributed by atoms with Gasteiger partial charge in [-0.3, -0.25) is 0 Å². The van der Waals surface area contributed by atoms with E-state index in [2.05, 4.69) is 10.6 Å². The van der Waals surface area contributed by atoms with E-state index in [1.165, 1.54) is 153 Å². The Balaban J connectivity index is 0.000000168. The van der Waals surface area contributed by atoms with Crippen LogP contribution in [0.3, 0.4) is 0 Å². The molecule has 4 saturated carbocycles. The molecule has 6 heteroatoms. The van der Waals surface area contributed by atoms with Crippen LogP contribution in [0.5, 0.6) is 0 Å². The summed E-state index contributed by atoms with van der Waals surface area (Å²) in [4.78, 5) is 20.4. The second-order valence-corrected chi connectivity index (χ2v) is 14.3. The van der Waals surface area contributed by atoms with Crippen LogP contribution in [0.15, 0.2) is 48.5 Å². The molecule has 4 aliphatic carbocycles. The van der Waals surface area contributed by atoms with Crippen molar-refractivity contribution in [3.8, 4) is 0 Å². The lowest BCUT2D eigenvalue weighted by molar-refractivity contribution is -0.726. The molecule has 0 unspecified atom stereocenters. The van der Waals surface area contributed by atoms with Crippen molar-refractivity contribution in [2.24, 2.45) is 0 Å². The minimum absolute atomic E-state index is 0.227. The molecule has 2 aromatic rings. The first-order valence-corrected chi connectivity index (χ1v) is 18.6. The van der Waals surface area contributed by atoms with Crippen LogP contribution in [0.4, 0.5) is 0 Å². The van der Waals surface area contributed by atoms with Gasteiger partial charge in [-0.05, 0) is 128 Å². The van der Waals surface area contributed by atoms with Crippen molar-refractivity contribution in [2.75, 3.05) is 0 Å². The smallest absolute Gasteiger partial charge is 0.0861 e. The molecule has 6 nitrogen and oxygen atoms in total. The lowest BCUT2D eigenvalue weighted by Gasteiger charge is -2.27. The number of hydrogen-bond donors (Lipinski definition) is 2. The number of hydrogen-bond acceptors (Lipinski definition) is 4. The summed E-state index contributed by atoms with van der Waals surface area (Å²) >= 11 is 0. The molecule has 4 fully saturated rings. The molecular formula is C40H62N2O4. The highest BCUT2D eigenvalue weighted by atomic mass is 16.4. The number of nitrogens with two attached hydrogens (primary N) is 2. The first-order valence-electron chi connectivity index (χ1n) is 18.6. The van der Waals surface area contributed by atoms with Crippen molar-refractivity contribution in [1.82, 2.24) is 0 Å². The normalized spacial score (nSPS) is 19.7. The molecule has 0 atom stereocenters. The molecule has 6 rings (SSSR count). The Bertz CT molecular complexity index is 972. The molecule has 4 aliphatic rings. The number of benzene rings is 2. The first-order chi connectivity index (χ1) is 22.3. The van der Waals surface area contributed by atoms with Gasteiger partial charge in [-0.15, -0.1) is 0 Å². The van der Waals surface area contributed by atoms with Gasteiger partial charge in [-0.2, -0.15) is 0 Å². The predicted octanol–water partition coefficient (Wildman–Crippen LogP) is 5.15. The molecule has 46 heavy (non-hydrogen) atoms. The Labute approximate surface area is 279 Å². The van der Waals surface area contributed by atoms with Crippen LogP contribution in [0.2, 0.25) is 0 Å². The fourth-order valence-corrected chi connectivity index (χ4v) is 7.46. The van der Waals surface area contributed by atoms with E-state index in [0.29, 0.717) is 0 Å². The van der Waals surface area contributed by atoms with Gasteiger partial charge in [0, 0.05) is 0 Å². The van der Waals surface area contributed by atoms with E-state index < -0.39 is 11.9 Å². The van der Waals surface area contributed by atoms with Gasteiger partial charge >= 0.3 is 0 Å². The minimum Gasteiger partial charge on any atom is -0.545 e. The van der Waals surface area contributed by atoms with Crippen LogP contribution in [0.25, 0.3) is 0 Å². The van der Waals surface area contributed by atoms with Crippen LogP contribution >= 0.6 is 0 Å². The Kier molecular flexibility index (Phi) is 18.0. The first kappa shape index (κ1) is 37.8. The zero-order chi connectivity index (χ0) is 33.0. The molecular weight excluding hydrogens is 572 g/mol. The molecule has 2 aromatic carbocycles. The maximum absolute atomic E-state index is 10.2. The molecule has 0 saturated heterocycles. The van der Waals surface area contributed by atoms with Gasteiger partial charge in [-0.25, -0.2) is 0 Å². The second-order valence-electron chi connectivity index (χ2n) is 14.3. The minimum atomic E-state index is -1.12. The predicted molar refractivity (Wildman–Crippen MR) is 182 cm³/mol. The Hall–Kier alpha value is -2.70. The van der Waals surface area contributed by atoms with Gasteiger partial charge in [-0.1, -0.05) is 85.3 Å². The highest BCUT2D eigenvalue weighted by Gasteiger charge is 2.24. The van der Waals surface area contributed by atoms with Crippen molar-refractivity contribution in [3.63, 3.8) is 0 Å². The lowest BCUT2D eigenvalue weighted by atomic mass is 9.91. The van der Waals surface area contributed by atoms with E-state index in [9.17, 15) is 19.8 Å². The van der Waals surface area contributed by atoms with Crippen molar-refractivity contribution in [3.05, 3.63) is 70.8 Å². The van der Waals surface area contributed by atoms with Crippen LogP contribution in [-0.2, 0) is 0 Å². The Morgan fingerprint density at radius 1 is 0.435 bits per heavy atom. The second kappa shape index (κ2) is 22.0. The average Bonchev–Trinajstić information content (AvgIpc) is 3.08. The summed E-state index contributed by atoms with van der Waals surface area (Å²) in [5, 5.41) is 25.8. The van der Waals surface area contributed by atoms with E-state index in [1.807, 2.05) is 13.8 Å². The fourth-order valence-electron chi connectivity index (χ4n) is 7.46. The number of quaternary nitrogens is 2. The summed E-state index contributed by atoms with van der Waals surface area (Å²) in [6.07, 6.45) is 29.9. The summed E-state index contributed by atoms with van der Waals surface area (Å²) in [5.41, 5.74) is 2.55. The Morgan fingerprint density at radius 3 is 0.848 bits per heavy atom. The molecule has 0 heterocycles. The van der Waals surface area contributed by atoms with E-state index in [1.54, 1.807) is 24.3 Å². The third kappa shape index (κ3) is 15.7. The molecule has 0 amide bonds. The van der Waals surface area contributed by atoms with Crippen molar-refractivity contribution < 1.29 is 30.4 Å². The molecule has 256 valence electrons. The fraction of sp³-hybridized carbons (Fsp3) is 0.650. The molecule has 0 aliphatic heterocycles. The summed E-state index contributed by atoms with van der Waals surface area (Å²) in [6.45, 7) is 3.80. The van der Waals surface area contributed by atoms with Gasteiger partial charge in [0.05, 0.1) is 36.1 Å². The van der Waals surface area contributed by atoms with Crippen LogP contribution in [0, 0.1) is 13.8 Å². The highest BCUT2D eigenvalue weighted by molar-refractivity contribution is 5.86. The number of carboxylic acids is 2. The van der Waals surface area contributed by atoms with Crippen molar-refractivity contribution >= 4 is 11.9 Å². The van der Waals surface area contributed by atoms with E-state index in [0.717, 1.165) is 35.3 Å². The summed E-state index contributed by atoms with van der Waals surface area (Å²) in [7, 11) is 0. The van der Waals surface area contributed by atoms with E-state index >= 15 is 0 Å². The molecule has 4 N–H and O–H groups in total. The third-order valence-corrected chi connectivity index (χ3v) is 10.3. The summed E-state index contributed by atoms with van der Waals surface area (Å²) in [5.74, 6) is -2.25. The maximum Gasteiger partial charge on any atom is 0.0861 e. The van der Waals surface area contributed by atoms with Gasteiger partial charge < -0.3 is 30.4 Å². The standard InChI is InChI=1S/2C12H23N.2C8H8O2/c2*1-3-7-11(8-4-1)13-12-9-5-2-6-10-12;2*1-6-2-4-7(5-3-6)8(9)10/h2*11-13H,1-10H2;2*2-5H,1H3,(H,9,10). The molecule has 0 aromatic heterocycles. The zero-order valence-electron chi connectivity index (χ0n) is 28.9. The van der Waals surface area contributed by atoms with Gasteiger partial charge in [0.15, 0.2) is 0 Å². The van der Waals surface area contributed by atoms with Crippen molar-refractivity contribution in [1.29, 1.82) is 0 Å². The highest BCUT2D eigenvalue weighted by Crippen LogP contribution is 2.19. The Morgan fingerprint density at radius 2 is 0.652 bits per heavy atom. The SMILES string of the molecule is C1CCC([NH2+]C2CCCCC2)CC1.C1CCC([NH2+]C2CCCCC2)CC1.Cc1ccc(C(=O)[O-])cc1.Cc1ccc(C(=O)[O-])cc1. The van der Waals surface area contributed by atoms with Gasteiger partial charge in [0.25, 0.3) is 0 Å². The van der Waals surface area contributed by atoms with Crippen LogP contribution in [-0.4, -0.2) is 36.1 Å². The lowest BCUT2D eigenvalue weighted by Crippen LogP contribution is -2.95. The van der Waals surface area contributed by atoms with Gasteiger partial charge in [0.1, 0.15) is 0 Å². The zero-order valence-corrected chi connectivity index (χ0v) is 28.9. The number of aromatic carboxylic acids is 2. The number of carboxylic acid groups (broad SMARTS) is 2. The number of carbonyl (C=O) groups is 2. The molecule has 0 spiro atoms. The van der Waals surface area contributed by atoms with E-state index in [4.69, 9.17) is 0 Å². The maximum atomic E-state index is 10.2. The molecule has 0 bridgehead atoms. The monoisotopic (exact) mass is 634 g/mol. The van der Waals surface area contributed by atoms with E-state index in [-0.39, 0.29) is 11.1 Å². The topological polar surface area (TPSA) is 113 Å².